The number of hydrogen-bond donors (Lipinski definition) is 1. The number of rotatable bonds is 5. The van der Waals surface area contributed by atoms with Crippen LogP contribution in [0.2, 0.25) is 0 Å². The number of amides is 1. The summed E-state index contributed by atoms with van der Waals surface area (Å²) in [5, 5.41) is 7.22. The molecule has 0 aliphatic rings. The van der Waals surface area contributed by atoms with Crippen molar-refractivity contribution in [2.45, 2.75) is 26.8 Å². The van der Waals surface area contributed by atoms with Crippen molar-refractivity contribution in [3.05, 3.63) is 64.5 Å². The largest absolute Gasteiger partial charge is 0.409 e. The van der Waals surface area contributed by atoms with E-state index in [0.717, 1.165) is 28.8 Å². The Morgan fingerprint density at radius 1 is 1.20 bits per heavy atom. The van der Waals surface area contributed by atoms with Crippen LogP contribution in [0.1, 0.15) is 18.1 Å². The van der Waals surface area contributed by atoms with E-state index in [1.54, 1.807) is 0 Å². The van der Waals surface area contributed by atoms with Gasteiger partial charge in [-0.3, -0.25) is 4.79 Å². The molecule has 128 valence electrons. The van der Waals surface area contributed by atoms with Gasteiger partial charge in [0.1, 0.15) is 6.54 Å². The van der Waals surface area contributed by atoms with E-state index in [-0.39, 0.29) is 17.3 Å². The minimum atomic E-state index is -0.194. The van der Waals surface area contributed by atoms with Gasteiger partial charge >= 0.3 is 0 Å². The van der Waals surface area contributed by atoms with Crippen LogP contribution in [0.3, 0.4) is 0 Å². The molecular formula is C19H19N3O2S. The molecule has 1 heterocycles. The molecule has 0 unspecified atom stereocenters. The maximum Gasteiger partial charge on any atom is 0.287 e. The summed E-state index contributed by atoms with van der Waals surface area (Å²) < 4.78 is 6.92. The van der Waals surface area contributed by atoms with Crippen molar-refractivity contribution in [3.8, 4) is 11.5 Å². The number of nitrogens with one attached hydrogen (secondary N) is 1. The van der Waals surface area contributed by atoms with Gasteiger partial charge in [0, 0.05) is 11.3 Å². The van der Waals surface area contributed by atoms with Crippen molar-refractivity contribution in [3.63, 3.8) is 0 Å². The van der Waals surface area contributed by atoms with E-state index in [2.05, 4.69) is 10.4 Å². The monoisotopic (exact) mass is 353 g/mol. The van der Waals surface area contributed by atoms with Gasteiger partial charge in [0.2, 0.25) is 11.8 Å². The Morgan fingerprint density at radius 2 is 1.92 bits per heavy atom. The van der Waals surface area contributed by atoms with Gasteiger partial charge < -0.3 is 9.73 Å². The van der Waals surface area contributed by atoms with Crippen LogP contribution in [0, 0.1) is 11.8 Å². The Labute approximate surface area is 151 Å². The smallest absolute Gasteiger partial charge is 0.287 e. The maximum absolute atomic E-state index is 12.3. The molecule has 6 heteroatoms. The first kappa shape index (κ1) is 17.1. The molecule has 0 atom stereocenters. The highest BCUT2D eigenvalue weighted by Gasteiger charge is 2.12. The molecule has 1 amide bonds. The van der Waals surface area contributed by atoms with Crippen LogP contribution >= 0.6 is 12.2 Å². The predicted molar refractivity (Wildman–Crippen MR) is 99.9 cm³/mol. The van der Waals surface area contributed by atoms with Crippen molar-refractivity contribution >= 4 is 23.8 Å². The quantitative estimate of drug-likeness (QED) is 0.692. The SMILES string of the molecule is CCc1ccccc1NC(=O)Cn1nc(-c2ccc(C)cc2)oc1=S. The zero-order valence-electron chi connectivity index (χ0n) is 14.2. The fourth-order valence-corrected chi connectivity index (χ4v) is 2.68. The van der Waals surface area contributed by atoms with Crippen LogP contribution in [-0.4, -0.2) is 15.7 Å². The molecule has 1 aromatic heterocycles. The first-order chi connectivity index (χ1) is 12.1. The van der Waals surface area contributed by atoms with E-state index in [4.69, 9.17) is 16.6 Å². The number of carbonyl (C=O) groups excluding carboxylic acids is 1. The third kappa shape index (κ3) is 4.03. The zero-order valence-corrected chi connectivity index (χ0v) is 15.0. The molecule has 3 rings (SSSR count). The molecule has 0 fully saturated rings. The van der Waals surface area contributed by atoms with Gasteiger partial charge in [0.05, 0.1) is 0 Å². The van der Waals surface area contributed by atoms with Crippen molar-refractivity contribution in [1.29, 1.82) is 0 Å². The Kier molecular flexibility index (Phi) is 5.09. The van der Waals surface area contributed by atoms with Gasteiger partial charge in [-0.2, -0.15) is 0 Å². The van der Waals surface area contributed by atoms with Crippen LogP contribution in [-0.2, 0) is 17.8 Å². The van der Waals surface area contributed by atoms with Gasteiger partial charge in [-0.1, -0.05) is 42.8 Å². The predicted octanol–water partition coefficient (Wildman–Crippen LogP) is 4.38. The molecule has 2 aromatic carbocycles. The lowest BCUT2D eigenvalue weighted by atomic mass is 10.1. The Hall–Kier alpha value is -2.73. The number of aryl methyl sites for hydroxylation is 2. The minimum Gasteiger partial charge on any atom is -0.409 e. The molecule has 0 spiro atoms. The number of aromatic nitrogens is 2. The summed E-state index contributed by atoms with van der Waals surface area (Å²) in [5.74, 6) is 0.215. The van der Waals surface area contributed by atoms with E-state index in [9.17, 15) is 4.79 Å². The fourth-order valence-electron chi connectivity index (χ4n) is 2.50. The van der Waals surface area contributed by atoms with Crippen LogP contribution in [0.5, 0.6) is 0 Å². The molecule has 0 aliphatic carbocycles. The van der Waals surface area contributed by atoms with Crippen molar-refractivity contribution < 1.29 is 9.21 Å². The first-order valence-corrected chi connectivity index (χ1v) is 8.50. The Bertz CT molecular complexity index is 942. The highest BCUT2D eigenvalue weighted by Crippen LogP contribution is 2.19. The fraction of sp³-hybridized carbons (Fsp3) is 0.211. The number of benzene rings is 2. The second-order valence-corrected chi connectivity index (χ2v) is 6.10. The average Bonchev–Trinajstić information content (AvgIpc) is 2.96. The van der Waals surface area contributed by atoms with Crippen LogP contribution in [0.15, 0.2) is 52.9 Å². The molecule has 1 N–H and O–H groups in total. The van der Waals surface area contributed by atoms with E-state index in [1.807, 2.05) is 62.4 Å². The lowest BCUT2D eigenvalue weighted by molar-refractivity contribution is -0.117. The summed E-state index contributed by atoms with van der Waals surface area (Å²) in [4.78, 5) is 12.5. The molecule has 0 saturated heterocycles. The van der Waals surface area contributed by atoms with Crippen molar-refractivity contribution in [2.24, 2.45) is 0 Å². The average molecular weight is 353 g/mol. The summed E-state index contributed by atoms with van der Waals surface area (Å²) >= 11 is 5.18. The number of hydrogen-bond acceptors (Lipinski definition) is 4. The molecule has 3 aromatic rings. The van der Waals surface area contributed by atoms with Gasteiger partial charge in [0.25, 0.3) is 4.84 Å². The van der Waals surface area contributed by atoms with Crippen molar-refractivity contribution in [2.75, 3.05) is 5.32 Å². The van der Waals surface area contributed by atoms with E-state index >= 15 is 0 Å². The zero-order chi connectivity index (χ0) is 17.8. The maximum atomic E-state index is 12.3. The summed E-state index contributed by atoms with van der Waals surface area (Å²) in [6.45, 7) is 4.06. The molecule has 0 aliphatic heterocycles. The highest BCUT2D eigenvalue weighted by molar-refractivity contribution is 7.71. The summed E-state index contributed by atoms with van der Waals surface area (Å²) in [6, 6.07) is 15.5. The summed E-state index contributed by atoms with van der Waals surface area (Å²) in [6.07, 6.45) is 0.845. The number of anilines is 1. The lowest BCUT2D eigenvalue weighted by Crippen LogP contribution is -2.20. The third-order valence-electron chi connectivity index (χ3n) is 3.87. The number of nitrogens with zero attached hydrogens (tertiary/aromatic N) is 2. The van der Waals surface area contributed by atoms with E-state index < -0.39 is 0 Å². The minimum absolute atomic E-state index is 0.00619. The molecule has 0 saturated carbocycles. The third-order valence-corrected chi connectivity index (χ3v) is 4.16. The summed E-state index contributed by atoms with van der Waals surface area (Å²) in [7, 11) is 0. The van der Waals surface area contributed by atoms with Crippen LogP contribution in [0.4, 0.5) is 5.69 Å². The van der Waals surface area contributed by atoms with Crippen molar-refractivity contribution in [1.82, 2.24) is 9.78 Å². The molecule has 5 nitrogen and oxygen atoms in total. The first-order valence-electron chi connectivity index (χ1n) is 8.09. The Morgan fingerprint density at radius 3 is 2.64 bits per heavy atom. The normalized spacial score (nSPS) is 10.6. The number of para-hydroxylation sites is 1. The topological polar surface area (TPSA) is 60.1 Å². The Balaban J connectivity index is 1.76. The van der Waals surface area contributed by atoms with Crippen LogP contribution in [0.25, 0.3) is 11.5 Å². The van der Waals surface area contributed by atoms with Gasteiger partial charge in [-0.25, -0.2) is 4.68 Å². The standard InChI is InChI=1S/C19H19N3O2S/c1-3-14-6-4-5-7-16(14)20-17(23)12-22-19(25)24-18(21-22)15-10-8-13(2)9-11-15/h4-11H,3,12H2,1-2H3,(H,20,23). The molecule has 0 bridgehead atoms. The highest BCUT2D eigenvalue weighted by atomic mass is 32.1. The van der Waals surface area contributed by atoms with Gasteiger partial charge in [0.15, 0.2) is 0 Å². The second kappa shape index (κ2) is 7.44. The van der Waals surface area contributed by atoms with Gasteiger partial charge in [-0.05, 0) is 49.3 Å². The van der Waals surface area contributed by atoms with Gasteiger partial charge in [-0.15, -0.1) is 5.10 Å². The summed E-state index contributed by atoms with van der Waals surface area (Å²) in [5.41, 5.74) is 3.87. The number of carbonyl (C=O) groups is 1. The van der Waals surface area contributed by atoms with E-state index in [0.29, 0.717) is 5.89 Å². The molecule has 0 radical (unpaired) electrons. The lowest BCUT2D eigenvalue weighted by Gasteiger charge is -2.09. The molecular weight excluding hydrogens is 334 g/mol. The molecule has 25 heavy (non-hydrogen) atoms. The van der Waals surface area contributed by atoms with Crippen LogP contribution < -0.4 is 5.32 Å². The second-order valence-electron chi connectivity index (χ2n) is 5.76. The van der Waals surface area contributed by atoms with E-state index in [1.165, 1.54) is 4.68 Å².